The normalized spacial score (nSPS) is 18.6. The van der Waals surface area contributed by atoms with Gasteiger partial charge >= 0.3 is 0 Å². The summed E-state index contributed by atoms with van der Waals surface area (Å²) in [6.07, 6.45) is 2.40. The van der Waals surface area contributed by atoms with E-state index in [1.165, 1.54) is 18.4 Å². The SMILES string of the molecule is Clc1ccc(-c2nnc(CN3CCCC3c3ccsc3)o2)cc1. The molecule has 0 N–H and O–H groups in total. The fourth-order valence-corrected chi connectivity index (χ4v) is 3.89. The molecule has 118 valence electrons. The lowest BCUT2D eigenvalue weighted by atomic mass is 10.1. The predicted octanol–water partition coefficient (Wildman–Crippen LogP) is 4.79. The van der Waals surface area contributed by atoms with Gasteiger partial charge in [0.15, 0.2) is 0 Å². The highest BCUT2D eigenvalue weighted by molar-refractivity contribution is 7.07. The van der Waals surface area contributed by atoms with Crippen molar-refractivity contribution >= 4 is 22.9 Å². The second kappa shape index (κ2) is 6.43. The minimum Gasteiger partial charge on any atom is -0.419 e. The molecule has 0 radical (unpaired) electrons. The Morgan fingerprint density at radius 1 is 1.22 bits per heavy atom. The second-order valence-corrected chi connectivity index (χ2v) is 6.91. The first-order valence-electron chi connectivity index (χ1n) is 7.64. The number of nitrogens with zero attached hydrogens (tertiary/aromatic N) is 3. The van der Waals surface area contributed by atoms with E-state index in [0.717, 1.165) is 12.1 Å². The largest absolute Gasteiger partial charge is 0.419 e. The minimum absolute atomic E-state index is 0.465. The van der Waals surface area contributed by atoms with E-state index >= 15 is 0 Å². The van der Waals surface area contributed by atoms with Crippen molar-refractivity contribution in [2.45, 2.75) is 25.4 Å². The molecule has 0 saturated carbocycles. The van der Waals surface area contributed by atoms with Gasteiger partial charge in [-0.05, 0) is 66.0 Å². The Morgan fingerprint density at radius 2 is 2.09 bits per heavy atom. The van der Waals surface area contributed by atoms with E-state index < -0.39 is 0 Å². The predicted molar refractivity (Wildman–Crippen MR) is 91.4 cm³/mol. The summed E-state index contributed by atoms with van der Waals surface area (Å²) in [5.41, 5.74) is 2.29. The highest BCUT2D eigenvalue weighted by Crippen LogP contribution is 2.34. The van der Waals surface area contributed by atoms with Crippen LogP contribution in [-0.4, -0.2) is 21.6 Å². The van der Waals surface area contributed by atoms with Gasteiger partial charge in [0.05, 0.1) is 6.54 Å². The van der Waals surface area contributed by atoms with Crippen LogP contribution >= 0.6 is 22.9 Å². The molecule has 1 saturated heterocycles. The first-order valence-corrected chi connectivity index (χ1v) is 8.96. The Kier molecular flexibility index (Phi) is 4.16. The van der Waals surface area contributed by atoms with Crippen LogP contribution in [-0.2, 0) is 6.54 Å². The van der Waals surface area contributed by atoms with Crippen molar-refractivity contribution in [3.63, 3.8) is 0 Å². The monoisotopic (exact) mass is 345 g/mol. The summed E-state index contributed by atoms with van der Waals surface area (Å²) >= 11 is 7.66. The standard InChI is InChI=1S/C17H16ClN3OS/c18-14-5-3-12(4-6-14)17-20-19-16(22-17)10-21-8-1-2-15(21)13-7-9-23-11-13/h3-7,9,11,15H,1-2,8,10H2. The molecule has 1 fully saturated rings. The van der Waals surface area contributed by atoms with Gasteiger partial charge in [-0.3, -0.25) is 4.90 Å². The zero-order valence-corrected chi connectivity index (χ0v) is 14.1. The maximum atomic E-state index is 5.91. The number of thiophene rings is 1. The number of hydrogen-bond acceptors (Lipinski definition) is 5. The number of aromatic nitrogens is 2. The van der Waals surface area contributed by atoms with Crippen LogP contribution in [0.4, 0.5) is 0 Å². The van der Waals surface area contributed by atoms with Gasteiger partial charge in [0.2, 0.25) is 11.8 Å². The van der Waals surface area contributed by atoms with Crippen LogP contribution in [0.3, 0.4) is 0 Å². The molecule has 0 amide bonds. The third-order valence-electron chi connectivity index (χ3n) is 4.19. The van der Waals surface area contributed by atoms with Crippen LogP contribution in [0.2, 0.25) is 5.02 Å². The molecule has 1 aromatic carbocycles. The van der Waals surface area contributed by atoms with E-state index in [1.807, 2.05) is 24.3 Å². The van der Waals surface area contributed by atoms with Crippen LogP contribution in [0, 0.1) is 0 Å². The van der Waals surface area contributed by atoms with Gasteiger partial charge in [-0.25, -0.2) is 0 Å². The molecule has 4 nitrogen and oxygen atoms in total. The molecule has 1 aliphatic rings. The molecule has 6 heteroatoms. The van der Waals surface area contributed by atoms with E-state index in [2.05, 4.69) is 31.9 Å². The van der Waals surface area contributed by atoms with Crippen molar-refractivity contribution in [2.24, 2.45) is 0 Å². The maximum Gasteiger partial charge on any atom is 0.247 e. The fraction of sp³-hybridized carbons (Fsp3) is 0.294. The van der Waals surface area contributed by atoms with E-state index in [4.69, 9.17) is 16.0 Å². The number of hydrogen-bond donors (Lipinski definition) is 0. The zero-order valence-electron chi connectivity index (χ0n) is 12.5. The van der Waals surface area contributed by atoms with Gasteiger partial charge in [0.25, 0.3) is 0 Å². The summed E-state index contributed by atoms with van der Waals surface area (Å²) in [7, 11) is 0. The highest BCUT2D eigenvalue weighted by Gasteiger charge is 2.27. The van der Waals surface area contributed by atoms with Crippen molar-refractivity contribution in [3.8, 4) is 11.5 Å². The Bertz CT molecular complexity index is 770. The average molecular weight is 346 g/mol. The average Bonchev–Trinajstić information content (AvgIpc) is 3.29. The third-order valence-corrected chi connectivity index (χ3v) is 5.14. The van der Waals surface area contributed by atoms with Crippen LogP contribution in [0.1, 0.15) is 30.3 Å². The molecule has 1 atom stereocenters. The van der Waals surface area contributed by atoms with E-state index in [0.29, 0.717) is 29.4 Å². The summed E-state index contributed by atoms with van der Waals surface area (Å²) in [4.78, 5) is 2.42. The molecule has 3 aromatic rings. The lowest BCUT2D eigenvalue weighted by Gasteiger charge is -2.21. The Morgan fingerprint density at radius 3 is 2.87 bits per heavy atom. The van der Waals surface area contributed by atoms with Crippen molar-refractivity contribution in [1.29, 1.82) is 0 Å². The van der Waals surface area contributed by atoms with Gasteiger partial charge in [0.1, 0.15) is 0 Å². The van der Waals surface area contributed by atoms with Crippen LogP contribution in [0.5, 0.6) is 0 Å². The van der Waals surface area contributed by atoms with Crippen molar-refractivity contribution in [1.82, 2.24) is 15.1 Å². The Labute approximate surface area is 143 Å². The third kappa shape index (κ3) is 3.17. The molecule has 2 aromatic heterocycles. The van der Waals surface area contributed by atoms with E-state index in [1.54, 1.807) is 11.3 Å². The van der Waals surface area contributed by atoms with E-state index in [9.17, 15) is 0 Å². The van der Waals surface area contributed by atoms with Crippen molar-refractivity contribution < 1.29 is 4.42 Å². The summed E-state index contributed by atoms with van der Waals surface area (Å²) < 4.78 is 5.83. The molecule has 0 aliphatic carbocycles. The van der Waals surface area contributed by atoms with Crippen molar-refractivity contribution in [2.75, 3.05) is 6.54 Å². The maximum absolute atomic E-state index is 5.91. The summed E-state index contributed by atoms with van der Waals surface area (Å²) in [5, 5.41) is 13.4. The van der Waals surface area contributed by atoms with E-state index in [-0.39, 0.29) is 0 Å². The van der Waals surface area contributed by atoms with Gasteiger partial charge in [-0.1, -0.05) is 11.6 Å². The lowest BCUT2D eigenvalue weighted by Crippen LogP contribution is -2.22. The topological polar surface area (TPSA) is 42.2 Å². The molecule has 23 heavy (non-hydrogen) atoms. The minimum atomic E-state index is 0.465. The summed E-state index contributed by atoms with van der Waals surface area (Å²) in [6, 6.07) is 10.1. The lowest BCUT2D eigenvalue weighted by molar-refractivity contribution is 0.224. The highest BCUT2D eigenvalue weighted by atomic mass is 35.5. The molecule has 4 rings (SSSR count). The molecule has 1 unspecified atom stereocenters. The fourth-order valence-electron chi connectivity index (χ4n) is 3.06. The van der Waals surface area contributed by atoms with Crippen LogP contribution < -0.4 is 0 Å². The quantitative estimate of drug-likeness (QED) is 0.681. The number of rotatable bonds is 4. The molecule has 1 aliphatic heterocycles. The van der Waals surface area contributed by atoms with Gasteiger partial charge in [-0.15, -0.1) is 10.2 Å². The Hall–Kier alpha value is -1.69. The first kappa shape index (κ1) is 14.9. The number of likely N-dealkylation sites (tertiary alicyclic amines) is 1. The first-order chi connectivity index (χ1) is 11.3. The number of halogens is 1. The summed E-state index contributed by atoms with van der Waals surface area (Å²) in [6.45, 7) is 1.76. The van der Waals surface area contributed by atoms with Gasteiger partial charge in [-0.2, -0.15) is 11.3 Å². The number of benzene rings is 1. The second-order valence-electron chi connectivity index (χ2n) is 5.69. The smallest absolute Gasteiger partial charge is 0.247 e. The van der Waals surface area contributed by atoms with Gasteiger partial charge in [0, 0.05) is 16.6 Å². The van der Waals surface area contributed by atoms with Crippen LogP contribution in [0.25, 0.3) is 11.5 Å². The molecule has 0 bridgehead atoms. The molecule has 3 heterocycles. The summed E-state index contributed by atoms with van der Waals surface area (Å²) in [5.74, 6) is 1.21. The zero-order chi connectivity index (χ0) is 15.6. The Balaban J connectivity index is 1.50. The van der Waals surface area contributed by atoms with Crippen LogP contribution in [0.15, 0.2) is 45.5 Å². The molecule has 0 spiro atoms. The van der Waals surface area contributed by atoms with Crippen molar-refractivity contribution in [3.05, 3.63) is 57.6 Å². The van der Waals surface area contributed by atoms with Gasteiger partial charge < -0.3 is 4.42 Å². The molecular weight excluding hydrogens is 330 g/mol. The molecular formula is C17H16ClN3OS.